The Morgan fingerprint density at radius 1 is 1.35 bits per heavy atom. The minimum absolute atomic E-state index is 0.0448. The molecule has 0 aromatic heterocycles. The minimum Gasteiger partial charge on any atom is -0.480 e. The molecule has 1 N–H and O–H groups in total. The average molecular weight is 452 g/mol. The highest BCUT2D eigenvalue weighted by Gasteiger charge is 2.29. The van der Waals surface area contributed by atoms with Gasteiger partial charge in [-0.3, -0.25) is 9.59 Å². The highest BCUT2D eigenvalue weighted by Crippen LogP contribution is 2.27. The maximum atomic E-state index is 12.7. The van der Waals surface area contributed by atoms with Crippen LogP contribution < -0.4 is 0 Å². The Labute approximate surface area is 139 Å². The van der Waals surface area contributed by atoms with Gasteiger partial charge in [0.1, 0.15) is 6.54 Å². The molecule has 0 unspecified atom stereocenters. The van der Waals surface area contributed by atoms with Crippen LogP contribution in [0.25, 0.3) is 0 Å². The van der Waals surface area contributed by atoms with Crippen LogP contribution in [0.5, 0.6) is 0 Å². The molecule has 6 heteroatoms. The number of hydrogen-bond donors (Lipinski definition) is 1. The number of carboxylic acids is 1. The molecule has 1 saturated carbocycles. The Kier molecular flexibility index (Phi) is 5.42. The van der Waals surface area contributed by atoms with E-state index in [-0.39, 0.29) is 18.5 Å². The predicted octanol–water partition coefficient (Wildman–Crippen LogP) is 3.52. The zero-order chi connectivity index (χ0) is 14.7. The first-order chi connectivity index (χ1) is 9.49. The predicted molar refractivity (Wildman–Crippen MR) is 87.8 cm³/mol. The fourth-order valence-corrected chi connectivity index (χ4v) is 3.45. The van der Waals surface area contributed by atoms with Crippen LogP contribution in [0.4, 0.5) is 0 Å². The van der Waals surface area contributed by atoms with E-state index in [0.29, 0.717) is 10.0 Å². The zero-order valence-electron chi connectivity index (χ0n) is 10.8. The standard InChI is InChI=1S/C14H15BrINO3/c15-12-6-5-9(16)7-11(12)14(20)17(8-13(18)19)10-3-1-2-4-10/h5-7,10H,1-4,8H2,(H,18,19). The quantitative estimate of drug-likeness (QED) is 0.712. The van der Waals surface area contributed by atoms with E-state index in [2.05, 4.69) is 38.5 Å². The van der Waals surface area contributed by atoms with Gasteiger partial charge in [-0.05, 0) is 69.6 Å². The van der Waals surface area contributed by atoms with E-state index in [0.717, 1.165) is 29.3 Å². The van der Waals surface area contributed by atoms with Gasteiger partial charge in [-0.1, -0.05) is 12.8 Å². The molecule has 4 nitrogen and oxygen atoms in total. The summed E-state index contributed by atoms with van der Waals surface area (Å²) in [6, 6.07) is 5.56. The van der Waals surface area contributed by atoms with E-state index in [9.17, 15) is 9.59 Å². The van der Waals surface area contributed by atoms with Crippen molar-refractivity contribution in [1.29, 1.82) is 0 Å². The first-order valence-electron chi connectivity index (χ1n) is 6.47. The van der Waals surface area contributed by atoms with Crippen LogP contribution in [0.1, 0.15) is 36.0 Å². The Bertz CT molecular complexity index is 529. The molecule has 1 aromatic rings. The van der Waals surface area contributed by atoms with Crippen molar-refractivity contribution in [2.45, 2.75) is 31.7 Å². The summed E-state index contributed by atoms with van der Waals surface area (Å²) in [6.07, 6.45) is 3.89. The fourth-order valence-electron chi connectivity index (χ4n) is 2.54. The van der Waals surface area contributed by atoms with Crippen molar-refractivity contribution >= 4 is 50.4 Å². The fraction of sp³-hybridized carbons (Fsp3) is 0.429. The summed E-state index contributed by atoms with van der Waals surface area (Å²) in [4.78, 5) is 25.2. The van der Waals surface area contributed by atoms with Crippen molar-refractivity contribution in [2.24, 2.45) is 0 Å². The maximum absolute atomic E-state index is 12.7. The normalized spacial score (nSPS) is 15.3. The molecular formula is C14H15BrINO3. The molecular weight excluding hydrogens is 437 g/mol. The molecule has 0 saturated heterocycles. The number of nitrogens with zero attached hydrogens (tertiary/aromatic N) is 1. The van der Waals surface area contributed by atoms with Crippen molar-refractivity contribution in [3.05, 3.63) is 31.8 Å². The van der Waals surface area contributed by atoms with Gasteiger partial charge in [0, 0.05) is 14.1 Å². The lowest BCUT2D eigenvalue weighted by atomic mass is 10.1. The van der Waals surface area contributed by atoms with Gasteiger partial charge in [0.15, 0.2) is 0 Å². The molecule has 1 amide bonds. The molecule has 20 heavy (non-hydrogen) atoms. The monoisotopic (exact) mass is 451 g/mol. The van der Waals surface area contributed by atoms with E-state index < -0.39 is 5.97 Å². The third-order valence-corrected chi connectivity index (χ3v) is 4.85. The molecule has 2 rings (SSSR count). The number of halogens is 2. The van der Waals surface area contributed by atoms with Gasteiger partial charge in [0.25, 0.3) is 5.91 Å². The van der Waals surface area contributed by atoms with Crippen molar-refractivity contribution in [2.75, 3.05) is 6.54 Å². The van der Waals surface area contributed by atoms with Gasteiger partial charge in [0.2, 0.25) is 0 Å². The summed E-state index contributed by atoms with van der Waals surface area (Å²) in [5.41, 5.74) is 0.532. The third-order valence-electron chi connectivity index (χ3n) is 3.49. The zero-order valence-corrected chi connectivity index (χ0v) is 14.6. The summed E-state index contributed by atoms with van der Waals surface area (Å²) < 4.78 is 1.66. The van der Waals surface area contributed by atoms with Gasteiger partial charge in [-0.2, -0.15) is 0 Å². The Morgan fingerprint density at radius 3 is 2.60 bits per heavy atom. The number of carbonyl (C=O) groups is 2. The summed E-state index contributed by atoms with van der Waals surface area (Å²) in [6.45, 7) is -0.235. The van der Waals surface area contributed by atoms with Crippen LogP contribution in [-0.4, -0.2) is 34.5 Å². The van der Waals surface area contributed by atoms with E-state index >= 15 is 0 Å². The van der Waals surface area contributed by atoms with Crippen molar-refractivity contribution in [3.8, 4) is 0 Å². The first-order valence-corrected chi connectivity index (χ1v) is 8.34. The number of hydrogen-bond acceptors (Lipinski definition) is 2. The second-order valence-corrected chi connectivity index (χ2v) is 6.99. The van der Waals surface area contributed by atoms with Crippen LogP contribution in [-0.2, 0) is 4.79 Å². The van der Waals surface area contributed by atoms with Gasteiger partial charge in [-0.25, -0.2) is 0 Å². The number of carboxylic acid groups (broad SMARTS) is 1. The number of amides is 1. The molecule has 0 bridgehead atoms. The lowest BCUT2D eigenvalue weighted by molar-refractivity contribution is -0.138. The lowest BCUT2D eigenvalue weighted by Gasteiger charge is -2.27. The average Bonchev–Trinajstić information content (AvgIpc) is 2.91. The number of aliphatic carboxylic acids is 1. The molecule has 108 valence electrons. The Hall–Kier alpha value is -0.630. The van der Waals surface area contributed by atoms with Gasteiger partial charge < -0.3 is 10.0 Å². The van der Waals surface area contributed by atoms with Gasteiger partial charge >= 0.3 is 5.97 Å². The summed E-state index contributed by atoms with van der Waals surface area (Å²) in [7, 11) is 0. The second-order valence-electron chi connectivity index (χ2n) is 4.89. The Balaban J connectivity index is 2.29. The molecule has 1 aliphatic carbocycles. The number of rotatable bonds is 4. The van der Waals surface area contributed by atoms with Crippen molar-refractivity contribution in [3.63, 3.8) is 0 Å². The lowest BCUT2D eigenvalue weighted by Crippen LogP contribution is -2.42. The molecule has 0 spiro atoms. The first kappa shape index (κ1) is 15.8. The SMILES string of the molecule is O=C(O)CN(C(=O)c1cc(I)ccc1Br)C1CCCC1. The Morgan fingerprint density at radius 2 is 2.00 bits per heavy atom. The minimum atomic E-state index is -0.966. The molecule has 1 aliphatic rings. The molecule has 0 atom stereocenters. The van der Waals surface area contributed by atoms with E-state index in [1.165, 1.54) is 4.90 Å². The molecule has 0 radical (unpaired) electrons. The topological polar surface area (TPSA) is 57.6 Å². The van der Waals surface area contributed by atoms with Crippen LogP contribution in [0.3, 0.4) is 0 Å². The highest BCUT2D eigenvalue weighted by atomic mass is 127. The molecule has 0 heterocycles. The molecule has 1 aromatic carbocycles. The highest BCUT2D eigenvalue weighted by molar-refractivity contribution is 14.1. The third kappa shape index (κ3) is 3.72. The summed E-state index contributed by atoms with van der Waals surface area (Å²) >= 11 is 5.52. The van der Waals surface area contributed by atoms with Crippen LogP contribution in [0.2, 0.25) is 0 Å². The van der Waals surface area contributed by atoms with Crippen LogP contribution in [0, 0.1) is 3.57 Å². The van der Waals surface area contributed by atoms with Crippen molar-refractivity contribution in [1.82, 2.24) is 4.90 Å². The van der Waals surface area contributed by atoms with Crippen molar-refractivity contribution < 1.29 is 14.7 Å². The summed E-state index contributed by atoms with van der Waals surface area (Å²) in [5.74, 6) is -1.17. The number of carbonyl (C=O) groups excluding carboxylic acids is 1. The molecule has 0 aliphatic heterocycles. The van der Waals surface area contributed by atoms with E-state index in [4.69, 9.17) is 5.11 Å². The number of benzene rings is 1. The summed E-state index contributed by atoms with van der Waals surface area (Å²) in [5, 5.41) is 9.06. The second kappa shape index (κ2) is 6.89. The van der Waals surface area contributed by atoms with Gasteiger partial charge in [-0.15, -0.1) is 0 Å². The maximum Gasteiger partial charge on any atom is 0.323 e. The van der Waals surface area contributed by atoms with E-state index in [1.807, 2.05) is 12.1 Å². The van der Waals surface area contributed by atoms with Gasteiger partial charge in [0.05, 0.1) is 5.56 Å². The smallest absolute Gasteiger partial charge is 0.323 e. The largest absolute Gasteiger partial charge is 0.480 e. The van der Waals surface area contributed by atoms with Crippen LogP contribution >= 0.6 is 38.5 Å². The van der Waals surface area contributed by atoms with E-state index in [1.54, 1.807) is 6.07 Å². The van der Waals surface area contributed by atoms with Crippen LogP contribution in [0.15, 0.2) is 22.7 Å². The molecule has 1 fully saturated rings.